The molecule has 0 bridgehead atoms. The smallest absolute Gasteiger partial charge is 0.234 e. The zero-order valence-corrected chi connectivity index (χ0v) is 18.6. The summed E-state index contributed by atoms with van der Waals surface area (Å²) in [5.74, 6) is 0.802. The number of halogens is 2. The second-order valence-corrected chi connectivity index (χ2v) is 8.31. The molecule has 2 aromatic carbocycles. The minimum absolute atomic E-state index is 0.171. The molecule has 6 nitrogen and oxygen atoms in total. The monoisotopic (exact) mass is 449 g/mol. The van der Waals surface area contributed by atoms with Gasteiger partial charge >= 0.3 is 0 Å². The molecule has 152 valence electrons. The molecule has 3 rings (SSSR count). The molecular weight excluding hydrogens is 429 g/mol. The van der Waals surface area contributed by atoms with Gasteiger partial charge in [-0.15, -0.1) is 10.2 Å². The fraction of sp³-hybridized carbons (Fsp3) is 0.250. The van der Waals surface area contributed by atoms with Crippen LogP contribution in [0.1, 0.15) is 6.92 Å². The fourth-order valence-corrected chi connectivity index (χ4v) is 4.10. The summed E-state index contributed by atoms with van der Waals surface area (Å²) in [6.07, 6.45) is 0. The molecule has 0 aliphatic heterocycles. The quantitative estimate of drug-likeness (QED) is 0.510. The zero-order chi connectivity index (χ0) is 21.0. The number of benzene rings is 2. The molecule has 0 spiro atoms. The number of nitrogens with zero attached hydrogens (tertiary/aromatic N) is 4. The highest BCUT2D eigenvalue weighted by Gasteiger charge is 2.15. The molecule has 0 atom stereocenters. The van der Waals surface area contributed by atoms with E-state index in [1.165, 1.54) is 11.8 Å². The first-order chi connectivity index (χ1) is 13.9. The molecule has 1 N–H and O–H groups in total. The molecule has 1 heterocycles. The molecule has 0 saturated heterocycles. The minimum atomic E-state index is -0.171. The van der Waals surface area contributed by atoms with E-state index in [-0.39, 0.29) is 11.7 Å². The number of carbonyl (C=O) groups is 1. The second kappa shape index (κ2) is 9.52. The first-order valence-corrected chi connectivity index (χ1v) is 10.7. The average molecular weight is 450 g/mol. The average Bonchev–Trinajstić information content (AvgIpc) is 3.08. The molecule has 0 fully saturated rings. The van der Waals surface area contributed by atoms with Gasteiger partial charge in [-0.25, -0.2) is 0 Å². The molecule has 1 amide bonds. The Labute approximate surface area is 184 Å². The van der Waals surface area contributed by atoms with Gasteiger partial charge in [0.1, 0.15) is 0 Å². The Morgan fingerprint density at radius 3 is 2.52 bits per heavy atom. The lowest BCUT2D eigenvalue weighted by Gasteiger charge is -2.14. The standard InChI is InChI=1S/C20H21Cl2N5OS/c1-4-27-19(13-6-5-7-17(8-13)26(2)3)24-25-20(27)29-12-18(28)23-16-10-14(21)9-15(22)11-16/h5-11H,4,12H2,1-3H3,(H,23,28). The van der Waals surface area contributed by atoms with Crippen molar-refractivity contribution >= 4 is 52.2 Å². The van der Waals surface area contributed by atoms with Crippen molar-refractivity contribution in [1.82, 2.24) is 14.8 Å². The van der Waals surface area contributed by atoms with Gasteiger partial charge in [-0.05, 0) is 37.3 Å². The molecule has 0 saturated carbocycles. The van der Waals surface area contributed by atoms with E-state index in [1.54, 1.807) is 18.2 Å². The first-order valence-electron chi connectivity index (χ1n) is 8.97. The number of rotatable bonds is 7. The number of nitrogens with one attached hydrogen (secondary N) is 1. The molecule has 0 aliphatic carbocycles. The third-order valence-corrected chi connectivity index (χ3v) is 5.54. The second-order valence-electron chi connectivity index (χ2n) is 6.49. The molecule has 0 unspecified atom stereocenters. The van der Waals surface area contributed by atoms with E-state index < -0.39 is 0 Å². The normalized spacial score (nSPS) is 10.8. The van der Waals surface area contributed by atoms with E-state index in [1.807, 2.05) is 48.7 Å². The predicted molar refractivity (Wildman–Crippen MR) is 121 cm³/mol. The summed E-state index contributed by atoms with van der Waals surface area (Å²) >= 11 is 13.3. The van der Waals surface area contributed by atoms with Gasteiger partial charge < -0.3 is 14.8 Å². The SMILES string of the molecule is CCn1c(SCC(=O)Nc2cc(Cl)cc(Cl)c2)nnc1-c1cccc(N(C)C)c1. The Balaban J connectivity index is 1.72. The van der Waals surface area contributed by atoms with Gasteiger partial charge in [-0.1, -0.05) is 47.1 Å². The summed E-state index contributed by atoms with van der Waals surface area (Å²) in [5, 5.41) is 13.1. The van der Waals surface area contributed by atoms with E-state index in [9.17, 15) is 4.79 Å². The number of hydrogen-bond donors (Lipinski definition) is 1. The number of anilines is 2. The van der Waals surface area contributed by atoms with Crippen LogP contribution in [0.4, 0.5) is 11.4 Å². The summed E-state index contributed by atoms with van der Waals surface area (Å²) < 4.78 is 2.00. The van der Waals surface area contributed by atoms with Gasteiger partial charge in [-0.3, -0.25) is 4.79 Å². The van der Waals surface area contributed by atoms with Crippen LogP contribution in [0, 0.1) is 0 Å². The van der Waals surface area contributed by atoms with Gasteiger partial charge in [0.2, 0.25) is 5.91 Å². The maximum Gasteiger partial charge on any atom is 0.234 e. The Hall–Kier alpha value is -2.22. The van der Waals surface area contributed by atoms with Gasteiger partial charge in [0, 0.05) is 47.6 Å². The lowest BCUT2D eigenvalue weighted by Crippen LogP contribution is -2.14. The maximum absolute atomic E-state index is 12.3. The third-order valence-electron chi connectivity index (χ3n) is 4.13. The van der Waals surface area contributed by atoms with E-state index in [4.69, 9.17) is 23.2 Å². The van der Waals surface area contributed by atoms with Crippen molar-refractivity contribution in [3.8, 4) is 11.4 Å². The van der Waals surface area contributed by atoms with Crippen LogP contribution in [0.3, 0.4) is 0 Å². The number of hydrogen-bond acceptors (Lipinski definition) is 5. The summed E-state index contributed by atoms with van der Waals surface area (Å²) in [5.41, 5.74) is 2.63. The molecule has 0 radical (unpaired) electrons. The Bertz CT molecular complexity index is 1000. The Morgan fingerprint density at radius 2 is 1.86 bits per heavy atom. The van der Waals surface area contributed by atoms with Crippen molar-refractivity contribution < 1.29 is 4.79 Å². The van der Waals surface area contributed by atoms with Crippen molar-refractivity contribution in [2.45, 2.75) is 18.6 Å². The zero-order valence-electron chi connectivity index (χ0n) is 16.3. The highest BCUT2D eigenvalue weighted by atomic mass is 35.5. The fourth-order valence-electron chi connectivity index (χ4n) is 2.77. The van der Waals surface area contributed by atoms with E-state index in [2.05, 4.69) is 21.6 Å². The van der Waals surface area contributed by atoms with Gasteiger partial charge in [0.05, 0.1) is 5.75 Å². The predicted octanol–water partition coefficient (Wildman–Crippen LogP) is 5.07. The minimum Gasteiger partial charge on any atom is -0.378 e. The van der Waals surface area contributed by atoms with Gasteiger partial charge in [-0.2, -0.15) is 0 Å². The first kappa shape index (κ1) is 21.5. The van der Waals surface area contributed by atoms with Gasteiger partial charge in [0.25, 0.3) is 0 Å². The summed E-state index contributed by atoms with van der Waals surface area (Å²) in [4.78, 5) is 14.4. The molecule has 0 aliphatic rings. The van der Waals surface area contributed by atoms with Crippen molar-refractivity contribution in [3.63, 3.8) is 0 Å². The highest BCUT2D eigenvalue weighted by Crippen LogP contribution is 2.27. The van der Waals surface area contributed by atoms with E-state index in [0.717, 1.165) is 17.1 Å². The van der Waals surface area contributed by atoms with Crippen LogP contribution in [-0.4, -0.2) is 40.5 Å². The van der Waals surface area contributed by atoms with Crippen molar-refractivity contribution in [2.24, 2.45) is 0 Å². The van der Waals surface area contributed by atoms with Crippen LogP contribution >= 0.6 is 35.0 Å². The van der Waals surface area contributed by atoms with Crippen molar-refractivity contribution in [1.29, 1.82) is 0 Å². The molecule has 29 heavy (non-hydrogen) atoms. The lowest BCUT2D eigenvalue weighted by molar-refractivity contribution is -0.113. The molecule has 9 heteroatoms. The van der Waals surface area contributed by atoms with Crippen LogP contribution in [0.5, 0.6) is 0 Å². The maximum atomic E-state index is 12.3. The number of carbonyl (C=O) groups excluding carboxylic acids is 1. The van der Waals surface area contributed by atoms with Crippen LogP contribution < -0.4 is 10.2 Å². The van der Waals surface area contributed by atoms with Gasteiger partial charge in [0.15, 0.2) is 11.0 Å². The van der Waals surface area contributed by atoms with Crippen molar-refractivity contribution in [2.75, 3.05) is 30.1 Å². The molecular formula is C20H21Cl2N5OS. The number of amides is 1. The van der Waals surface area contributed by atoms with E-state index in [0.29, 0.717) is 27.4 Å². The summed E-state index contributed by atoms with van der Waals surface area (Å²) in [6.45, 7) is 2.73. The summed E-state index contributed by atoms with van der Waals surface area (Å²) in [7, 11) is 3.99. The van der Waals surface area contributed by atoms with Crippen LogP contribution in [0.2, 0.25) is 10.0 Å². The molecule has 1 aromatic heterocycles. The summed E-state index contributed by atoms with van der Waals surface area (Å²) in [6, 6.07) is 13.0. The van der Waals surface area contributed by atoms with Crippen LogP contribution in [0.25, 0.3) is 11.4 Å². The lowest BCUT2D eigenvalue weighted by atomic mass is 10.2. The van der Waals surface area contributed by atoms with Crippen LogP contribution in [0.15, 0.2) is 47.6 Å². The van der Waals surface area contributed by atoms with Crippen molar-refractivity contribution in [3.05, 3.63) is 52.5 Å². The largest absolute Gasteiger partial charge is 0.378 e. The van der Waals surface area contributed by atoms with Crippen LogP contribution in [-0.2, 0) is 11.3 Å². The Morgan fingerprint density at radius 1 is 1.14 bits per heavy atom. The third kappa shape index (κ3) is 5.44. The number of aromatic nitrogens is 3. The number of thioether (sulfide) groups is 1. The topological polar surface area (TPSA) is 63.1 Å². The molecule has 3 aromatic rings. The van der Waals surface area contributed by atoms with E-state index >= 15 is 0 Å². The highest BCUT2D eigenvalue weighted by molar-refractivity contribution is 7.99. The Kier molecular flexibility index (Phi) is 7.05.